The molecule has 1 aromatic carbocycles. The van der Waals surface area contributed by atoms with Gasteiger partial charge in [0.1, 0.15) is 28.1 Å². The molecular weight excluding hydrogens is 570 g/mol. The van der Waals surface area contributed by atoms with Gasteiger partial charge in [0.25, 0.3) is 0 Å². The van der Waals surface area contributed by atoms with E-state index in [1.54, 1.807) is 17.8 Å². The Morgan fingerprint density at radius 1 is 1.18 bits per heavy atom. The van der Waals surface area contributed by atoms with Crippen LogP contribution in [0.15, 0.2) is 59.3 Å². The molecule has 0 saturated heterocycles. The van der Waals surface area contributed by atoms with Gasteiger partial charge in [-0.1, -0.05) is 18.2 Å². The number of pyridine rings is 1. The molecule has 10 heteroatoms. The van der Waals surface area contributed by atoms with Gasteiger partial charge >= 0.3 is 0 Å². The van der Waals surface area contributed by atoms with Crippen LogP contribution in [0.4, 0.5) is 17.3 Å². The Balaban J connectivity index is 1.34. The van der Waals surface area contributed by atoms with E-state index in [0.29, 0.717) is 35.5 Å². The van der Waals surface area contributed by atoms with Gasteiger partial charge in [-0.3, -0.25) is 0 Å². The minimum absolute atomic E-state index is 0.209. The van der Waals surface area contributed by atoms with Gasteiger partial charge in [0, 0.05) is 18.2 Å². The molecule has 4 aliphatic carbocycles. The zero-order chi connectivity index (χ0) is 27.5. The molecule has 2 unspecified atom stereocenters. The van der Waals surface area contributed by atoms with Crippen LogP contribution in [0.1, 0.15) is 49.8 Å². The first-order valence-electron chi connectivity index (χ1n) is 13.7. The summed E-state index contributed by atoms with van der Waals surface area (Å²) >= 11 is 3.53. The largest absolute Gasteiger partial charge is 0.497 e. The Kier molecular flexibility index (Phi) is 5.98. The number of ether oxygens (including phenoxy) is 1. The highest BCUT2D eigenvalue weighted by atomic mass is 79.9. The fourth-order valence-corrected chi connectivity index (χ4v) is 8.01. The van der Waals surface area contributed by atoms with Crippen LogP contribution in [-0.2, 0) is 6.54 Å². The molecule has 4 saturated carbocycles. The van der Waals surface area contributed by atoms with Crippen molar-refractivity contribution in [3.63, 3.8) is 0 Å². The molecular formula is C30H30BrN7O2. The van der Waals surface area contributed by atoms with Crippen molar-refractivity contribution < 1.29 is 9.84 Å². The SMILES string of the molecule is COc1ccc(CN(c2cccc(Br)n2)c2cc(NC34C[C@@H]5C[C@@H](CC(O)(C5)C3)C4)nn3c(C#N)cnc23)cc1. The summed E-state index contributed by atoms with van der Waals surface area (Å²) < 4.78 is 7.69. The van der Waals surface area contributed by atoms with Crippen LogP contribution in [0.5, 0.6) is 5.75 Å². The zero-order valence-electron chi connectivity index (χ0n) is 22.2. The van der Waals surface area contributed by atoms with Crippen molar-refractivity contribution in [1.82, 2.24) is 19.6 Å². The van der Waals surface area contributed by atoms with Crippen molar-refractivity contribution in [1.29, 1.82) is 5.26 Å². The zero-order valence-corrected chi connectivity index (χ0v) is 23.8. The van der Waals surface area contributed by atoms with E-state index in [2.05, 4.69) is 37.2 Å². The number of rotatable bonds is 7. The normalized spacial score (nSPS) is 26.6. The van der Waals surface area contributed by atoms with Gasteiger partial charge in [0.2, 0.25) is 0 Å². The quantitative estimate of drug-likeness (QED) is 0.264. The van der Waals surface area contributed by atoms with E-state index in [4.69, 9.17) is 14.8 Å². The van der Waals surface area contributed by atoms with Crippen LogP contribution in [0, 0.1) is 23.2 Å². The monoisotopic (exact) mass is 599 g/mol. The van der Waals surface area contributed by atoms with E-state index >= 15 is 0 Å². The molecule has 0 aliphatic heterocycles. The molecule has 9 nitrogen and oxygen atoms in total. The number of methoxy groups -OCH3 is 1. The molecule has 4 aliphatic rings. The topological polar surface area (TPSA) is 112 Å². The first kappa shape index (κ1) is 25.3. The minimum atomic E-state index is -0.600. The molecule has 3 aromatic heterocycles. The van der Waals surface area contributed by atoms with Gasteiger partial charge in [-0.2, -0.15) is 9.78 Å². The maximum Gasteiger partial charge on any atom is 0.179 e. The van der Waals surface area contributed by atoms with Gasteiger partial charge in [-0.05, 0) is 96.1 Å². The van der Waals surface area contributed by atoms with E-state index < -0.39 is 5.60 Å². The Hall–Kier alpha value is -3.68. The fourth-order valence-electron chi connectivity index (χ4n) is 7.67. The molecule has 204 valence electrons. The van der Waals surface area contributed by atoms with Crippen molar-refractivity contribution in [2.24, 2.45) is 11.8 Å². The Bertz CT molecular complexity index is 1620. The predicted octanol–water partition coefficient (Wildman–Crippen LogP) is 5.60. The molecule has 3 heterocycles. The Morgan fingerprint density at radius 2 is 1.95 bits per heavy atom. The number of nitrogens with zero attached hydrogens (tertiary/aromatic N) is 6. The number of imidazole rings is 1. The molecule has 4 atom stereocenters. The maximum absolute atomic E-state index is 11.3. The molecule has 2 N–H and O–H groups in total. The summed E-state index contributed by atoms with van der Waals surface area (Å²) in [5.41, 5.74) is 1.96. The number of nitrogens with one attached hydrogen (secondary N) is 1. The lowest BCUT2D eigenvalue weighted by atomic mass is 9.51. The highest BCUT2D eigenvalue weighted by molar-refractivity contribution is 9.10. The maximum atomic E-state index is 11.3. The molecule has 0 radical (unpaired) electrons. The minimum Gasteiger partial charge on any atom is -0.497 e. The lowest BCUT2D eigenvalue weighted by Gasteiger charge is -2.60. The number of nitriles is 1. The third-order valence-electron chi connectivity index (χ3n) is 8.75. The number of hydrogen-bond acceptors (Lipinski definition) is 8. The van der Waals surface area contributed by atoms with Crippen molar-refractivity contribution in [3.8, 4) is 11.8 Å². The summed E-state index contributed by atoms with van der Waals surface area (Å²) in [4.78, 5) is 11.5. The summed E-state index contributed by atoms with van der Waals surface area (Å²) in [6.07, 6.45) is 7.33. The number of halogens is 1. The van der Waals surface area contributed by atoms with E-state index in [-0.39, 0.29) is 5.54 Å². The van der Waals surface area contributed by atoms with E-state index in [1.165, 1.54) is 6.42 Å². The summed E-state index contributed by atoms with van der Waals surface area (Å²) in [5.74, 6) is 3.24. The summed E-state index contributed by atoms with van der Waals surface area (Å²) in [7, 11) is 1.66. The fraction of sp³-hybridized carbons (Fsp3) is 0.400. The van der Waals surface area contributed by atoms with Crippen molar-refractivity contribution in [2.75, 3.05) is 17.3 Å². The predicted molar refractivity (Wildman–Crippen MR) is 154 cm³/mol. The Morgan fingerprint density at radius 3 is 2.62 bits per heavy atom. The van der Waals surface area contributed by atoms with E-state index in [0.717, 1.165) is 59.5 Å². The van der Waals surface area contributed by atoms with Crippen molar-refractivity contribution in [2.45, 2.75) is 56.2 Å². The second kappa shape index (κ2) is 9.46. The average Bonchev–Trinajstić information content (AvgIpc) is 3.33. The van der Waals surface area contributed by atoms with Gasteiger partial charge < -0.3 is 20.1 Å². The number of hydrogen-bond donors (Lipinski definition) is 2. The van der Waals surface area contributed by atoms with Crippen molar-refractivity contribution in [3.05, 3.63) is 70.6 Å². The standard InChI is InChI=1S/C30H30BrN7O2/c1-40-23-7-5-19(6-8-23)17-37(27-4-2-3-25(31)34-27)24-10-26(36-38-22(15-32)16-33-28(24)38)35-29-11-20-9-21(12-29)14-30(39,13-20)18-29/h2-8,10,16,20-21,39H,9,11-14,17-18H2,1H3,(H,35,36)/t20-,21+,29?,30?. The van der Waals surface area contributed by atoms with Gasteiger partial charge in [-0.25, -0.2) is 9.97 Å². The number of aromatic nitrogens is 4. The number of aliphatic hydroxyl groups is 1. The lowest BCUT2D eigenvalue weighted by Crippen LogP contribution is -2.62. The van der Waals surface area contributed by atoms with Crippen LogP contribution in [0.3, 0.4) is 0 Å². The van der Waals surface area contributed by atoms with Crippen LogP contribution >= 0.6 is 15.9 Å². The summed E-state index contributed by atoms with van der Waals surface area (Å²) in [6, 6.07) is 18.0. The first-order valence-corrected chi connectivity index (χ1v) is 14.5. The third-order valence-corrected chi connectivity index (χ3v) is 9.20. The summed E-state index contributed by atoms with van der Waals surface area (Å²) in [6.45, 7) is 0.510. The van der Waals surface area contributed by atoms with Gasteiger partial charge in [0.15, 0.2) is 11.3 Å². The average molecular weight is 601 g/mol. The number of anilines is 3. The number of benzene rings is 1. The van der Waals surface area contributed by atoms with Gasteiger partial charge in [0.05, 0.1) is 24.6 Å². The molecule has 40 heavy (non-hydrogen) atoms. The molecule has 0 amide bonds. The molecule has 4 fully saturated rings. The molecule has 0 spiro atoms. The molecule has 4 bridgehead atoms. The second-order valence-electron chi connectivity index (χ2n) is 11.7. The highest BCUT2D eigenvalue weighted by Crippen LogP contribution is 2.58. The second-order valence-corrected chi connectivity index (χ2v) is 12.6. The first-order chi connectivity index (χ1) is 19.3. The van der Waals surface area contributed by atoms with Gasteiger partial charge in [-0.15, -0.1) is 5.10 Å². The molecule has 8 rings (SSSR count). The smallest absolute Gasteiger partial charge is 0.179 e. The lowest BCUT2D eigenvalue weighted by molar-refractivity contribution is -0.127. The van der Waals surface area contributed by atoms with Crippen molar-refractivity contribution >= 4 is 38.9 Å². The van der Waals surface area contributed by atoms with E-state index in [1.807, 2.05) is 48.5 Å². The summed E-state index contributed by atoms with van der Waals surface area (Å²) in [5, 5.41) is 29.8. The van der Waals surface area contributed by atoms with Crippen LogP contribution in [0.2, 0.25) is 0 Å². The van der Waals surface area contributed by atoms with E-state index in [9.17, 15) is 10.4 Å². The Labute approximate surface area is 240 Å². The number of fused-ring (bicyclic) bond motifs is 1. The molecule has 4 aromatic rings. The van der Waals surface area contributed by atoms with Crippen LogP contribution < -0.4 is 15.0 Å². The highest BCUT2D eigenvalue weighted by Gasteiger charge is 2.57. The van der Waals surface area contributed by atoms with Crippen LogP contribution in [-0.4, -0.2) is 42.9 Å². The third kappa shape index (κ3) is 4.47. The van der Waals surface area contributed by atoms with Crippen LogP contribution in [0.25, 0.3) is 5.65 Å².